The molecule has 0 saturated carbocycles. The summed E-state index contributed by atoms with van der Waals surface area (Å²) in [5, 5.41) is 2.78. The van der Waals surface area contributed by atoms with E-state index in [1.165, 1.54) is 0 Å². The van der Waals surface area contributed by atoms with Gasteiger partial charge in [0.05, 0.1) is 11.0 Å². The summed E-state index contributed by atoms with van der Waals surface area (Å²) in [6.45, 7) is 1.84. The van der Waals surface area contributed by atoms with Crippen molar-refractivity contribution in [3.63, 3.8) is 0 Å². The number of benzene rings is 1. The zero-order valence-corrected chi connectivity index (χ0v) is 15.7. The van der Waals surface area contributed by atoms with Gasteiger partial charge in [0.25, 0.3) is 0 Å². The highest BCUT2D eigenvalue weighted by Crippen LogP contribution is 2.14. The molecule has 1 aliphatic heterocycles. The number of carbonyl (C=O) groups is 1. The molecule has 4 N–H and O–H groups in total. The Morgan fingerprint density at radius 3 is 2.60 bits per heavy atom. The molecule has 1 heterocycles. The summed E-state index contributed by atoms with van der Waals surface area (Å²) in [7, 11) is -3.54. The fourth-order valence-corrected chi connectivity index (χ4v) is 3.50. The van der Waals surface area contributed by atoms with Gasteiger partial charge in [-0.05, 0) is 43.5 Å². The van der Waals surface area contributed by atoms with Crippen LogP contribution in [0.2, 0.25) is 0 Å². The summed E-state index contributed by atoms with van der Waals surface area (Å²) in [6.07, 6.45) is 2.86. The summed E-state index contributed by atoms with van der Waals surface area (Å²) in [5.41, 5.74) is 6.20. The average molecular weight is 392 g/mol. The number of halogens is 1. The molecule has 7 nitrogen and oxygen atoms in total. The molecule has 0 spiro atoms. The minimum Gasteiger partial charge on any atom is -0.377 e. The van der Waals surface area contributed by atoms with Gasteiger partial charge < -0.3 is 15.8 Å². The van der Waals surface area contributed by atoms with Crippen molar-refractivity contribution in [2.24, 2.45) is 5.73 Å². The Labute approximate surface area is 155 Å². The minimum absolute atomic E-state index is 0. The first-order valence-corrected chi connectivity index (χ1v) is 9.66. The molecule has 0 radical (unpaired) electrons. The molecule has 1 unspecified atom stereocenters. The highest BCUT2D eigenvalue weighted by molar-refractivity contribution is 7.89. The van der Waals surface area contributed by atoms with Gasteiger partial charge in [0.1, 0.15) is 0 Å². The van der Waals surface area contributed by atoms with Crippen LogP contribution in [-0.4, -0.2) is 40.1 Å². The third-order valence-corrected chi connectivity index (χ3v) is 5.30. The van der Waals surface area contributed by atoms with Crippen molar-refractivity contribution in [3.05, 3.63) is 29.8 Å². The highest BCUT2D eigenvalue weighted by Gasteiger charge is 2.20. The molecule has 1 fully saturated rings. The zero-order chi connectivity index (χ0) is 17.4. The van der Waals surface area contributed by atoms with Gasteiger partial charge in [-0.3, -0.25) is 4.79 Å². The zero-order valence-electron chi connectivity index (χ0n) is 14.1. The van der Waals surface area contributed by atoms with Crippen LogP contribution in [0.3, 0.4) is 0 Å². The maximum Gasteiger partial charge on any atom is 0.240 e. The Kier molecular flexibility index (Phi) is 9.37. The van der Waals surface area contributed by atoms with Crippen LogP contribution >= 0.6 is 12.4 Å². The number of carbonyl (C=O) groups excluding carboxylic acids is 1. The maximum atomic E-state index is 12.2. The first-order valence-electron chi connectivity index (χ1n) is 8.18. The predicted octanol–water partition coefficient (Wildman–Crippen LogP) is 0.921. The monoisotopic (exact) mass is 391 g/mol. The van der Waals surface area contributed by atoms with Crippen molar-refractivity contribution in [2.75, 3.05) is 19.7 Å². The molecule has 9 heteroatoms. The second-order valence-electron chi connectivity index (χ2n) is 5.80. The van der Waals surface area contributed by atoms with Gasteiger partial charge in [-0.1, -0.05) is 12.1 Å². The minimum atomic E-state index is -3.54. The Hall–Kier alpha value is -1.19. The molecule has 0 bridgehead atoms. The third kappa shape index (κ3) is 7.29. The lowest BCUT2D eigenvalue weighted by Crippen LogP contribution is -2.31. The molecule has 25 heavy (non-hydrogen) atoms. The van der Waals surface area contributed by atoms with Crippen LogP contribution in [0.1, 0.15) is 31.2 Å². The number of rotatable bonds is 9. The Bertz CT molecular complexity index is 631. The molecular weight excluding hydrogens is 366 g/mol. The van der Waals surface area contributed by atoms with Crippen LogP contribution in [0.15, 0.2) is 29.2 Å². The molecule has 1 aliphatic rings. The second kappa shape index (κ2) is 10.7. The van der Waals surface area contributed by atoms with Crippen molar-refractivity contribution in [1.29, 1.82) is 0 Å². The molecule has 1 aromatic rings. The topological polar surface area (TPSA) is 111 Å². The van der Waals surface area contributed by atoms with E-state index in [0.717, 1.165) is 18.4 Å². The second-order valence-corrected chi connectivity index (χ2v) is 7.57. The van der Waals surface area contributed by atoms with Crippen molar-refractivity contribution in [3.8, 4) is 0 Å². The smallest absolute Gasteiger partial charge is 0.240 e. The van der Waals surface area contributed by atoms with Crippen molar-refractivity contribution in [1.82, 2.24) is 10.0 Å². The number of hydrogen-bond acceptors (Lipinski definition) is 5. The van der Waals surface area contributed by atoms with Crippen molar-refractivity contribution < 1.29 is 17.9 Å². The molecule has 0 aliphatic carbocycles. The molecular formula is C16H26ClN3O4S. The normalized spacial score (nSPS) is 17.1. The third-order valence-electron chi connectivity index (χ3n) is 3.86. The molecule has 0 aromatic heterocycles. The first-order chi connectivity index (χ1) is 11.5. The van der Waals surface area contributed by atoms with Gasteiger partial charge in [0.15, 0.2) is 0 Å². The summed E-state index contributed by atoms with van der Waals surface area (Å²) < 4.78 is 32.5. The highest BCUT2D eigenvalue weighted by atomic mass is 35.5. The van der Waals surface area contributed by atoms with Gasteiger partial charge in [0, 0.05) is 26.1 Å². The van der Waals surface area contributed by atoms with Gasteiger partial charge >= 0.3 is 0 Å². The number of amides is 1. The molecule has 2 rings (SSSR count). The standard InChI is InChI=1S/C16H25N3O4S.ClH/c17-9-1-4-16(20)18-11-13-5-7-15(8-6-13)24(21,22)19-12-14-3-2-10-23-14;/h5-8,14,19H,1-4,9-12,17H2,(H,18,20);1H. The summed E-state index contributed by atoms with van der Waals surface area (Å²) >= 11 is 0. The predicted molar refractivity (Wildman–Crippen MR) is 98.0 cm³/mol. The van der Waals surface area contributed by atoms with Gasteiger partial charge in [-0.15, -0.1) is 12.4 Å². The summed E-state index contributed by atoms with van der Waals surface area (Å²) in [5.74, 6) is -0.0598. The van der Waals surface area contributed by atoms with Crippen molar-refractivity contribution >= 4 is 28.3 Å². The van der Waals surface area contributed by atoms with E-state index in [-0.39, 0.29) is 29.3 Å². The number of sulfonamides is 1. The lowest BCUT2D eigenvalue weighted by atomic mass is 10.2. The van der Waals surface area contributed by atoms with Gasteiger partial charge in [-0.2, -0.15) is 0 Å². The SMILES string of the molecule is Cl.NCCCC(=O)NCc1ccc(S(=O)(=O)NCC2CCCO2)cc1. The first kappa shape index (κ1) is 21.9. The molecule has 142 valence electrons. The molecule has 1 amide bonds. The van der Waals surface area contributed by atoms with Gasteiger partial charge in [0.2, 0.25) is 15.9 Å². The Morgan fingerprint density at radius 2 is 2.00 bits per heavy atom. The van der Waals surface area contributed by atoms with Crippen LogP contribution in [0.4, 0.5) is 0 Å². The largest absolute Gasteiger partial charge is 0.377 e. The average Bonchev–Trinajstić information content (AvgIpc) is 3.10. The van der Waals surface area contributed by atoms with Crippen LogP contribution in [0.5, 0.6) is 0 Å². The van der Waals surface area contributed by atoms with Crippen LogP contribution < -0.4 is 15.8 Å². The van der Waals surface area contributed by atoms with E-state index in [2.05, 4.69) is 10.0 Å². The van der Waals surface area contributed by atoms with E-state index in [1.807, 2.05) is 0 Å². The number of nitrogens with two attached hydrogens (primary N) is 1. The van der Waals surface area contributed by atoms with E-state index < -0.39 is 10.0 Å². The number of hydrogen-bond donors (Lipinski definition) is 3. The van der Waals surface area contributed by atoms with E-state index in [1.54, 1.807) is 24.3 Å². The number of ether oxygens (including phenoxy) is 1. The molecule has 1 saturated heterocycles. The lowest BCUT2D eigenvalue weighted by Gasteiger charge is -2.12. The lowest BCUT2D eigenvalue weighted by molar-refractivity contribution is -0.121. The Morgan fingerprint density at radius 1 is 1.28 bits per heavy atom. The van der Waals surface area contributed by atoms with E-state index in [0.29, 0.717) is 39.1 Å². The summed E-state index contributed by atoms with van der Waals surface area (Å²) in [6, 6.07) is 6.48. The van der Waals surface area contributed by atoms with Crippen molar-refractivity contribution in [2.45, 2.75) is 43.2 Å². The van der Waals surface area contributed by atoms with Crippen LogP contribution in [0, 0.1) is 0 Å². The van der Waals surface area contributed by atoms with E-state index >= 15 is 0 Å². The fraction of sp³-hybridized carbons (Fsp3) is 0.562. The van der Waals surface area contributed by atoms with Gasteiger partial charge in [-0.25, -0.2) is 13.1 Å². The fourth-order valence-electron chi connectivity index (χ4n) is 2.43. The van der Waals surface area contributed by atoms with E-state index in [4.69, 9.17) is 10.5 Å². The maximum absolute atomic E-state index is 12.2. The molecule has 1 atom stereocenters. The Balaban J connectivity index is 0.00000312. The quantitative estimate of drug-likeness (QED) is 0.579. The molecule has 1 aromatic carbocycles. The van der Waals surface area contributed by atoms with Crippen LogP contribution in [0.25, 0.3) is 0 Å². The number of nitrogens with one attached hydrogen (secondary N) is 2. The van der Waals surface area contributed by atoms with Crippen LogP contribution in [-0.2, 0) is 26.1 Å². The van der Waals surface area contributed by atoms with E-state index in [9.17, 15) is 13.2 Å². The summed E-state index contributed by atoms with van der Waals surface area (Å²) in [4.78, 5) is 11.7.